The molecule has 3 N–H and O–H groups in total. The van der Waals surface area contributed by atoms with Crippen LogP contribution in [0.15, 0.2) is 47.5 Å². The SMILES string of the molecule is CCNC(=NCc1ccc(O)cc1)NCCc1ccc(OC)cc1Cl. The van der Waals surface area contributed by atoms with Crippen LogP contribution in [0.3, 0.4) is 0 Å². The van der Waals surface area contributed by atoms with Crippen molar-refractivity contribution in [2.24, 2.45) is 4.99 Å². The Morgan fingerprint density at radius 3 is 2.56 bits per heavy atom. The van der Waals surface area contributed by atoms with Crippen LogP contribution in [-0.2, 0) is 13.0 Å². The first-order chi connectivity index (χ1) is 12.1. The van der Waals surface area contributed by atoms with Gasteiger partial charge in [0.15, 0.2) is 5.96 Å². The smallest absolute Gasteiger partial charge is 0.191 e. The molecule has 0 fully saturated rings. The molecule has 2 rings (SSSR count). The van der Waals surface area contributed by atoms with Crippen molar-refractivity contribution in [3.63, 3.8) is 0 Å². The molecule has 0 saturated heterocycles. The number of aliphatic imine (C=N–C) groups is 1. The molecule has 0 radical (unpaired) electrons. The van der Waals surface area contributed by atoms with E-state index in [1.165, 1.54) is 0 Å². The third-order valence-corrected chi connectivity index (χ3v) is 4.00. The Hall–Kier alpha value is -2.40. The molecule has 0 saturated carbocycles. The maximum atomic E-state index is 9.32. The van der Waals surface area contributed by atoms with Crippen LogP contribution < -0.4 is 15.4 Å². The molecule has 0 unspecified atom stereocenters. The van der Waals surface area contributed by atoms with E-state index < -0.39 is 0 Å². The number of hydrogen-bond donors (Lipinski definition) is 3. The fraction of sp³-hybridized carbons (Fsp3) is 0.316. The van der Waals surface area contributed by atoms with Crippen LogP contribution in [0, 0.1) is 0 Å². The fourth-order valence-electron chi connectivity index (χ4n) is 2.29. The Bertz CT molecular complexity index is 702. The van der Waals surface area contributed by atoms with E-state index in [9.17, 15) is 5.11 Å². The Morgan fingerprint density at radius 2 is 1.92 bits per heavy atom. The maximum absolute atomic E-state index is 9.32. The number of aromatic hydroxyl groups is 1. The number of nitrogens with zero attached hydrogens (tertiary/aromatic N) is 1. The topological polar surface area (TPSA) is 65.9 Å². The lowest BCUT2D eigenvalue weighted by Crippen LogP contribution is -2.38. The second-order valence-electron chi connectivity index (χ2n) is 5.50. The summed E-state index contributed by atoms with van der Waals surface area (Å²) in [6.45, 7) is 4.06. The first kappa shape index (κ1) is 18.9. The zero-order valence-corrected chi connectivity index (χ0v) is 15.3. The van der Waals surface area contributed by atoms with Crippen LogP contribution in [0.4, 0.5) is 0 Å². The minimum atomic E-state index is 0.258. The van der Waals surface area contributed by atoms with Gasteiger partial charge in [-0.2, -0.15) is 0 Å². The van der Waals surface area contributed by atoms with Crippen molar-refractivity contribution in [1.82, 2.24) is 10.6 Å². The molecule has 6 heteroatoms. The van der Waals surface area contributed by atoms with Crippen LogP contribution >= 0.6 is 11.6 Å². The zero-order valence-electron chi connectivity index (χ0n) is 14.6. The fourth-order valence-corrected chi connectivity index (χ4v) is 2.55. The van der Waals surface area contributed by atoms with E-state index in [0.29, 0.717) is 18.1 Å². The van der Waals surface area contributed by atoms with Crippen LogP contribution in [0.2, 0.25) is 5.02 Å². The number of hydrogen-bond acceptors (Lipinski definition) is 3. The number of nitrogens with one attached hydrogen (secondary N) is 2. The summed E-state index contributed by atoms with van der Waals surface area (Å²) in [5, 5.41) is 16.5. The summed E-state index contributed by atoms with van der Waals surface area (Å²) in [4.78, 5) is 4.55. The van der Waals surface area contributed by atoms with Crippen molar-refractivity contribution < 1.29 is 9.84 Å². The Labute approximate surface area is 153 Å². The highest BCUT2D eigenvalue weighted by molar-refractivity contribution is 6.31. The molecule has 0 spiro atoms. The second-order valence-corrected chi connectivity index (χ2v) is 5.90. The molecule has 5 nitrogen and oxygen atoms in total. The summed E-state index contributed by atoms with van der Waals surface area (Å²) < 4.78 is 5.16. The molecule has 0 aliphatic carbocycles. The highest BCUT2D eigenvalue weighted by Gasteiger charge is 2.03. The predicted octanol–water partition coefficient (Wildman–Crippen LogP) is 3.35. The van der Waals surface area contributed by atoms with E-state index in [1.807, 2.05) is 37.3 Å². The summed E-state index contributed by atoms with van der Waals surface area (Å²) in [6.07, 6.45) is 0.784. The average molecular weight is 362 g/mol. The van der Waals surface area contributed by atoms with Gasteiger partial charge >= 0.3 is 0 Å². The van der Waals surface area contributed by atoms with Crippen LogP contribution in [-0.4, -0.2) is 31.3 Å². The van der Waals surface area contributed by atoms with Crippen molar-refractivity contribution in [1.29, 1.82) is 0 Å². The van der Waals surface area contributed by atoms with Crippen molar-refractivity contribution >= 4 is 17.6 Å². The molecule has 0 aromatic heterocycles. The lowest BCUT2D eigenvalue weighted by Gasteiger charge is -2.12. The van der Waals surface area contributed by atoms with Gasteiger partial charge in [0.25, 0.3) is 0 Å². The van der Waals surface area contributed by atoms with Gasteiger partial charge in [-0.3, -0.25) is 0 Å². The molecule has 0 heterocycles. The standard InChI is InChI=1S/C19H24ClN3O2/c1-3-21-19(23-13-14-4-7-16(24)8-5-14)22-11-10-15-6-9-17(25-2)12-18(15)20/h4-9,12,24H,3,10-11,13H2,1-2H3,(H2,21,22,23). The minimum Gasteiger partial charge on any atom is -0.508 e. The van der Waals surface area contributed by atoms with Crippen molar-refractivity contribution in [2.75, 3.05) is 20.2 Å². The number of ether oxygens (including phenoxy) is 1. The minimum absolute atomic E-state index is 0.258. The predicted molar refractivity (Wildman–Crippen MR) is 103 cm³/mol. The Kier molecular flexibility index (Phi) is 7.41. The van der Waals surface area contributed by atoms with Gasteiger partial charge < -0.3 is 20.5 Å². The summed E-state index contributed by atoms with van der Waals surface area (Å²) in [6, 6.07) is 12.8. The van der Waals surface area contributed by atoms with Gasteiger partial charge in [0, 0.05) is 18.1 Å². The number of guanidine groups is 1. The summed E-state index contributed by atoms with van der Waals surface area (Å²) in [7, 11) is 1.63. The summed E-state index contributed by atoms with van der Waals surface area (Å²) in [5.41, 5.74) is 2.09. The quantitative estimate of drug-likeness (QED) is 0.522. The number of benzene rings is 2. The van der Waals surface area contributed by atoms with Crippen LogP contribution in [0.25, 0.3) is 0 Å². The Balaban J connectivity index is 1.90. The summed E-state index contributed by atoms with van der Waals surface area (Å²) >= 11 is 6.26. The highest BCUT2D eigenvalue weighted by atomic mass is 35.5. The van der Waals surface area contributed by atoms with Crippen molar-refractivity contribution in [3.05, 3.63) is 58.6 Å². The summed E-state index contributed by atoms with van der Waals surface area (Å²) in [5.74, 6) is 1.76. The molecule has 0 bridgehead atoms. The number of methoxy groups -OCH3 is 1. The van der Waals surface area contributed by atoms with Gasteiger partial charge in [-0.25, -0.2) is 4.99 Å². The van der Waals surface area contributed by atoms with Gasteiger partial charge in [-0.05, 0) is 48.7 Å². The first-order valence-electron chi connectivity index (χ1n) is 8.25. The van der Waals surface area contributed by atoms with Gasteiger partial charge in [-0.1, -0.05) is 29.8 Å². The first-order valence-corrected chi connectivity index (χ1v) is 8.62. The number of phenols is 1. The third-order valence-electron chi connectivity index (χ3n) is 3.65. The second kappa shape index (κ2) is 9.79. The number of halogens is 1. The van der Waals surface area contributed by atoms with E-state index in [4.69, 9.17) is 16.3 Å². The molecular formula is C19H24ClN3O2. The monoisotopic (exact) mass is 361 g/mol. The number of rotatable bonds is 7. The van der Waals surface area contributed by atoms with Crippen LogP contribution in [0.5, 0.6) is 11.5 Å². The normalized spacial score (nSPS) is 11.2. The van der Waals surface area contributed by atoms with E-state index in [-0.39, 0.29) is 5.75 Å². The molecule has 2 aromatic carbocycles. The molecule has 0 amide bonds. The zero-order chi connectivity index (χ0) is 18.1. The van der Waals surface area contributed by atoms with Gasteiger partial charge in [0.05, 0.1) is 13.7 Å². The van der Waals surface area contributed by atoms with Crippen molar-refractivity contribution in [3.8, 4) is 11.5 Å². The van der Waals surface area contributed by atoms with Gasteiger partial charge in [-0.15, -0.1) is 0 Å². The van der Waals surface area contributed by atoms with E-state index in [2.05, 4.69) is 15.6 Å². The van der Waals surface area contributed by atoms with Crippen molar-refractivity contribution in [2.45, 2.75) is 19.9 Å². The van der Waals surface area contributed by atoms with E-state index >= 15 is 0 Å². The molecule has 0 aliphatic rings. The third kappa shape index (κ3) is 6.19. The number of phenolic OH excluding ortho intramolecular Hbond substituents is 1. The Morgan fingerprint density at radius 1 is 1.16 bits per heavy atom. The molecule has 0 atom stereocenters. The van der Waals surface area contributed by atoms with Gasteiger partial charge in [0.2, 0.25) is 0 Å². The maximum Gasteiger partial charge on any atom is 0.191 e. The van der Waals surface area contributed by atoms with E-state index in [0.717, 1.165) is 35.8 Å². The lowest BCUT2D eigenvalue weighted by atomic mass is 10.1. The molecule has 25 heavy (non-hydrogen) atoms. The van der Waals surface area contributed by atoms with Gasteiger partial charge in [0.1, 0.15) is 11.5 Å². The molecule has 0 aliphatic heterocycles. The largest absolute Gasteiger partial charge is 0.508 e. The molecule has 2 aromatic rings. The molecular weight excluding hydrogens is 338 g/mol. The highest BCUT2D eigenvalue weighted by Crippen LogP contribution is 2.22. The molecule has 134 valence electrons. The lowest BCUT2D eigenvalue weighted by molar-refractivity contribution is 0.414. The average Bonchev–Trinajstić information content (AvgIpc) is 2.62. The van der Waals surface area contributed by atoms with E-state index in [1.54, 1.807) is 19.2 Å². The van der Waals surface area contributed by atoms with Crippen LogP contribution in [0.1, 0.15) is 18.1 Å².